The Bertz CT molecular complexity index is 733. The van der Waals surface area contributed by atoms with E-state index in [1.54, 1.807) is 48.3 Å². The van der Waals surface area contributed by atoms with Crippen LogP contribution < -0.4 is 22.1 Å². The SMILES string of the molecule is CN(C(=O)c1ccccc1)c1ccc(N=C(N)N=C(N)N)cc1. The Labute approximate surface area is 134 Å². The van der Waals surface area contributed by atoms with Gasteiger partial charge in [0.2, 0.25) is 5.96 Å². The minimum Gasteiger partial charge on any atom is -0.370 e. The maximum atomic E-state index is 12.4. The molecule has 7 heteroatoms. The van der Waals surface area contributed by atoms with E-state index in [0.717, 1.165) is 5.69 Å². The molecule has 2 aromatic carbocycles. The normalized spacial score (nSPS) is 10.9. The van der Waals surface area contributed by atoms with E-state index in [1.165, 1.54) is 0 Å². The minimum atomic E-state index is -0.156. The first kappa shape index (κ1) is 16.0. The van der Waals surface area contributed by atoms with Crippen molar-refractivity contribution >= 4 is 29.2 Å². The van der Waals surface area contributed by atoms with Crippen molar-refractivity contribution in [2.24, 2.45) is 27.2 Å². The lowest BCUT2D eigenvalue weighted by molar-refractivity contribution is 0.0993. The van der Waals surface area contributed by atoms with E-state index in [4.69, 9.17) is 17.2 Å². The number of hydrogen-bond acceptors (Lipinski definition) is 2. The molecule has 0 saturated carbocycles. The summed E-state index contributed by atoms with van der Waals surface area (Å²) in [5, 5.41) is 0. The van der Waals surface area contributed by atoms with Gasteiger partial charge in [0.15, 0.2) is 5.96 Å². The first-order valence-electron chi connectivity index (χ1n) is 6.84. The third kappa shape index (κ3) is 4.31. The predicted octanol–water partition coefficient (Wildman–Crippen LogP) is 1.18. The van der Waals surface area contributed by atoms with Gasteiger partial charge in [0.25, 0.3) is 5.91 Å². The lowest BCUT2D eigenvalue weighted by atomic mass is 10.2. The Hall–Kier alpha value is -3.35. The van der Waals surface area contributed by atoms with Crippen molar-refractivity contribution in [3.8, 4) is 0 Å². The van der Waals surface area contributed by atoms with Gasteiger partial charge in [-0.05, 0) is 36.4 Å². The highest BCUT2D eigenvalue weighted by molar-refractivity contribution is 6.05. The number of rotatable bonds is 3. The smallest absolute Gasteiger partial charge is 0.258 e. The molecule has 118 valence electrons. The van der Waals surface area contributed by atoms with Gasteiger partial charge < -0.3 is 22.1 Å². The van der Waals surface area contributed by atoms with Gasteiger partial charge in [-0.15, -0.1) is 0 Å². The van der Waals surface area contributed by atoms with Gasteiger partial charge in [-0.1, -0.05) is 18.2 Å². The second-order valence-corrected chi connectivity index (χ2v) is 4.75. The van der Waals surface area contributed by atoms with Crippen LogP contribution in [-0.4, -0.2) is 24.9 Å². The van der Waals surface area contributed by atoms with Crippen molar-refractivity contribution in [2.75, 3.05) is 11.9 Å². The molecule has 0 aromatic heterocycles. The molecule has 0 aliphatic heterocycles. The lowest BCUT2D eigenvalue weighted by Gasteiger charge is -2.17. The van der Waals surface area contributed by atoms with Crippen LogP contribution in [0.3, 0.4) is 0 Å². The zero-order chi connectivity index (χ0) is 16.8. The first-order valence-corrected chi connectivity index (χ1v) is 6.84. The Kier molecular flexibility index (Phi) is 4.93. The number of guanidine groups is 2. The summed E-state index contributed by atoms with van der Waals surface area (Å²) in [6.45, 7) is 0. The monoisotopic (exact) mass is 310 g/mol. The van der Waals surface area contributed by atoms with E-state index in [-0.39, 0.29) is 17.8 Å². The van der Waals surface area contributed by atoms with Crippen LogP contribution in [0.5, 0.6) is 0 Å². The van der Waals surface area contributed by atoms with Crippen LogP contribution in [0.4, 0.5) is 11.4 Å². The molecule has 0 fully saturated rings. The highest BCUT2D eigenvalue weighted by atomic mass is 16.2. The van der Waals surface area contributed by atoms with Crippen molar-refractivity contribution < 1.29 is 4.79 Å². The zero-order valence-electron chi connectivity index (χ0n) is 12.7. The van der Waals surface area contributed by atoms with E-state index >= 15 is 0 Å². The minimum absolute atomic E-state index is 0.0357. The molecular formula is C16H18N6O. The second kappa shape index (κ2) is 7.08. The number of nitrogens with two attached hydrogens (primary N) is 3. The van der Waals surface area contributed by atoms with Crippen molar-refractivity contribution in [3.63, 3.8) is 0 Å². The molecule has 0 atom stereocenters. The quantitative estimate of drug-likeness (QED) is 0.581. The number of amides is 1. The summed E-state index contributed by atoms with van der Waals surface area (Å²) in [7, 11) is 1.71. The van der Waals surface area contributed by atoms with E-state index in [2.05, 4.69) is 9.98 Å². The third-order valence-corrected chi connectivity index (χ3v) is 3.05. The Morgan fingerprint density at radius 1 is 0.957 bits per heavy atom. The van der Waals surface area contributed by atoms with Crippen LogP contribution in [0.1, 0.15) is 10.4 Å². The highest BCUT2D eigenvalue weighted by Crippen LogP contribution is 2.20. The van der Waals surface area contributed by atoms with Gasteiger partial charge in [-0.3, -0.25) is 4.79 Å². The first-order chi connectivity index (χ1) is 11.0. The molecule has 2 rings (SSSR count). The molecule has 1 amide bonds. The van der Waals surface area contributed by atoms with Crippen molar-refractivity contribution in [1.82, 2.24) is 0 Å². The summed E-state index contributed by atoms with van der Waals surface area (Å²) in [4.78, 5) is 21.6. The molecule has 0 saturated heterocycles. The maximum absolute atomic E-state index is 12.4. The summed E-state index contributed by atoms with van der Waals surface area (Å²) in [5.74, 6) is -0.288. The molecule has 0 aliphatic rings. The Balaban J connectivity index is 2.16. The molecule has 2 aromatic rings. The van der Waals surface area contributed by atoms with Gasteiger partial charge >= 0.3 is 0 Å². The molecular weight excluding hydrogens is 292 g/mol. The fourth-order valence-electron chi connectivity index (χ4n) is 1.93. The molecule has 0 radical (unpaired) electrons. The number of hydrogen-bond donors (Lipinski definition) is 3. The van der Waals surface area contributed by atoms with E-state index in [9.17, 15) is 4.79 Å². The molecule has 7 nitrogen and oxygen atoms in total. The van der Waals surface area contributed by atoms with Gasteiger partial charge in [0, 0.05) is 18.3 Å². The van der Waals surface area contributed by atoms with Crippen LogP contribution in [0, 0.1) is 0 Å². The Morgan fingerprint density at radius 3 is 2.13 bits per heavy atom. The molecule has 0 heterocycles. The van der Waals surface area contributed by atoms with Gasteiger partial charge in [-0.2, -0.15) is 4.99 Å². The fourth-order valence-corrected chi connectivity index (χ4v) is 1.93. The summed E-state index contributed by atoms with van der Waals surface area (Å²) in [5.41, 5.74) is 17.9. The van der Waals surface area contributed by atoms with Crippen molar-refractivity contribution in [3.05, 3.63) is 60.2 Å². The van der Waals surface area contributed by atoms with Crippen molar-refractivity contribution in [2.45, 2.75) is 0 Å². The standard InChI is InChI=1S/C16H18N6O/c1-22(14(23)11-5-3-2-4-6-11)13-9-7-12(8-10-13)20-16(19)21-15(17)18/h2-10H,1H3,(H6,17,18,19,20,21). The van der Waals surface area contributed by atoms with Gasteiger partial charge in [0.1, 0.15) is 0 Å². The number of nitrogens with zero attached hydrogens (tertiary/aromatic N) is 3. The third-order valence-electron chi connectivity index (χ3n) is 3.05. The van der Waals surface area contributed by atoms with Crippen LogP contribution >= 0.6 is 0 Å². The van der Waals surface area contributed by atoms with Crippen LogP contribution in [0.25, 0.3) is 0 Å². The summed E-state index contributed by atoms with van der Waals surface area (Å²) >= 11 is 0. The number of aliphatic imine (C=N–C) groups is 2. The van der Waals surface area contributed by atoms with E-state index in [0.29, 0.717) is 11.3 Å². The summed E-state index contributed by atoms with van der Waals surface area (Å²) in [6, 6.07) is 16.0. The van der Waals surface area contributed by atoms with Gasteiger partial charge in [0.05, 0.1) is 5.69 Å². The van der Waals surface area contributed by atoms with Crippen LogP contribution in [0.15, 0.2) is 64.6 Å². The largest absolute Gasteiger partial charge is 0.370 e. The predicted molar refractivity (Wildman–Crippen MR) is 92.7 cm³/mol. The van der Waals surface area contributed by atoms with E-state index < -0.39 is 0 Å². The lowest BCUT2D eigenvalue weighted by Crippen LogP contribution is -2.26. The summed E-state index contributed by atoms with van der Waals surface area (Å²) in [6.07, 6.45) is 0. The Morgan fingerprint density at radius 2 is 1.57 bits per heavy atom. The zero-order valence-corrected chi connectivity index (χ0v) is 12.7. The highest BCUT2D eigenvalue weighted by Gasteiger charge is 2.12. The molecule has 6 N–H and O–H groups in total. The molecule has 0 bridgehead atoms. The molecule has 0 unspecified atom stereocenters. The van der Waals surface area contributed by atoms with Crippen LogP contribution in [0.2, 0.25) is 0 Å². The second-order valence-electron chi connectivity index (χ2n) is 4.75. The number of carbonyl (C=O) groups is 1. The number of benzene rings is 2. The van der Waals surface area contributed by atoms with Gasteiger partial charge in [-0.25, -0.2) is 4.99 Å². The van der Waals surface area contributed by atoms with E-state index in [1.807, 2.05) is 18.2 Å². The topological polar surface area (TPSA) is 123 Å². The summed E-state index contributed by atoms with van der Waals surface area (Å²) < 4.78 is 0. The van der Waals surface area contributed by atoms with Crippen LogP contribution in [-0.2, 0) is 0 Å². The molecule has 0 aliphatic carbocycles. The maximum Gasteiger partial charge on any atom is 0.258 e. The number of carbonyl (C=O) groups excluding carboxylic acids is 1. The molecule has 23 heavy (non-hydrogen) atoms. The van der Waals surface area contributed by atoms with Crippen molar-refractivity contribution in [1.29, 1.82) is 0 Å². The molecule has 0 spiro atoms. The average molecular weight is 310 g/mol. The average Bonchev–Trinajstić information content (AvgIpc) is 2.54. The number of anilines is 1. The fraction of sp³-hybridized carbons (Fsp3) is 0.0625.